The highest BCUT2D eigenvalue weighted by Crippen LogP contribution is 2.34. The molecule has 21 heavy (non-hydrogen) atoms. The Labute approximate surface area is 123 Å². The molecular weight excluding hydrogens is 266 g/mol. The van der Waals surface area contributed by atoms with Gasteiger partial charge in [-0.05, 0) is 30.5 Å². The van der Waals surface area contributed by atoms with Crippen LogP contribution in [0.15, 0.2) is 36.5 Å². The van der Waals surface area contributed by atoms with Crippen LogP contribution in [0, 0.1) is 6.92 Å². The van der Waals surface area contributed by atoms with Gasteiger partial charge in [-0.15, -0.1) is 0 Å². The number of hydrogen-bond acceptors (Lipinski definition) is 3. The third-order valence-electron chi connectivity index (χ3n) is 4.22. The average molecular weight is 285 g/mol. The summed E-state index contributed by atoms with van der Waals surface area (Å²) in [6.45, 7) is 2.86. The molecule has 2 aromatic rings. The van der Waals surface area contributed by atoms with Crippen LogP contribution in [0.2, 0.25) is 0 Å². The standard InChI is InChI=1S/C16H19N3O2/c1-12-5-3-4-6-13(12)16(21)8-10-19(11-16)15(20)14-7-9-17-18(14)2/h3-7,9,21H,8,10-11H2,1-2H3. The zero-order valence-corrected chi connectivity index (χ0v) is 12.3. The molecule has 1 atom stereocenters. The Balaban J connectivity index is 1.84. The highest BCUT2D eigenvalue weighted by Gasteiger charge is 2.40. The molecule has 5 heteroatoms. The topological polar surface area (TPSA) is 58.4 Å². The Morgan fingerprint density at radius 1 is 1.33 bits per heavy atom. The first-order valence-electron chi connectivity index (χ1n) is 7.07. The predicted molar refractivity (Wildman–Crippen MR) is 78.8 cm³/mol. The first-order chi connectivity index (χ1) is 10.0. The Bertz CT molecular complexity index is 680. The van der Waals surface area contributed by atoms with Crippen LogP contribution in [-0.4, -0.2) is 38.8 Å². The number of aromatic nitrogens is 2. The number of nitrogens with zero attached hydrogens (tertiary/aromatic N) is 3. The summed E-state index contributed by atoms with van der Waals surface area (Å²) in [5.74, 6) is -0.0838. The second-order valence-electron chi connectivity index (χ2n) is 5.66. The summed E-state index contributed by atoms with van der Waals surface area (Å²) in [6, 6.07) is 9.50. The van der Waals surface area contributed by atoms with Gasteiger partial charge in [-0.2, -0.15) is 5.10 Å². The van der Waals surface area contributed by atoms with E-state index < -0.39 is 5.60 Å². The Morgan fingerprint density at radius 3 is 2.76 bits per heavy atom. The van der Waals surface area contributed by atoms with E-state index in [1.54, 1.807) is 28.9 Å². The molecule has 0 bridgehead atoms. The van der Waals surface area contributed by atoms with Gasteiger partial charge in [0.25, 0.3) is 5.91 Å². The highest BCUT2D eigenvalue weighted by atomic mass is 16.3. The number of carbonyl (C=O) groups excluding carboxylic acids is 1. The van der Waals surface area contributed by atoms with Crippen LogP contribution >= 0.6 is 0 Å². The molecule has 1 N–H and O–H groups in total. The molecule has 1 aromatic heterocycles. The molecule has 1 aromatic carbocycles. The molecule has 1 aliphatic heterocycles. The smallest absolute Gasteiger partial charge is 0.272 e. The normalized spacial score (nSPS) is 21.8. The van der Waals surface area contributed by atoms with Crippen molar-refractivity contribution in [2.45, 2.75) is 18.9 Å². The SMILES string of the molecule is Cc1ccccc1C1(O)CCN(C(=O)c2ccnn2C)C1. The zero-order valence-electron chi connectivity index (χ0n) is 12.3. The number of benzene rings is 1. The number of aliphatic hydroxyl groups is 1. The van der Waals surface area contributed by atoms with Crippen LogP contribution in [-0.2, 0) is 12.6 Å². The van der Waals surface area contributed by atoms with Crippen LogP contribution in [0.5, 0.6) is 0 Å². The summed E-state index contributed by atoms with van der Waals surface area (Å²) in [4.78, 5) is 14.2. The molecule has 1 amide bonds. The third kappa shape index (κ3) is 2.34. The van der Waals surface area contributed by atoms with Crippen LogP contribution < -0.4 is 0 Å². The van der Waals surface area contributed by atoms with E-state index in [-0.39, 0.29) is 5.91 Å². The van der Waals surface area contributed by atoms with Crippen LogP contribution in [0.25, 0.3) is 0 Å². The molecule has 1 unspecified atom stereocenters. The van der Waals surface area contributed by atoms with Crippen molar-refractivity contribution in [2.24, 2.45) is 7.05 Å². The van der Waals surface area contributed by atoms with Gasteiger partial charge in [-0.3, -0.25) is 9.48 Å². The Kier molecular flexibility index (Phi) is 3.29. The van der Waals surface area contributed by atoms with Gasteiger partial charge in [0, 0.05) is 19.8 Å². The van der Waals surface area contributed by atoms with Gasteiger partial charge in [0.05, 0.1) is 6.54 Å². The fraction of sp³-hybridized carbons (Fsp3) is 0.375. The summed E-state index contributed by atoms with van der Waals surface area (Å²) >= 11 is 0. The van der Waals surface area contributed by atoms with E-state index in [0.29, 0.717) is 25.2 Å². The van der Waals surface area contributed by atoms with Crippen molar-refractivity contribution in [3.8, 4) is 0 Å². The summed E-state index contributed by atoms with van der Waals surface area (Å²) < 4.78 is 1.56. The maximum absolute atomic E-state index is 12.5. The first-order valence-corrected chi connectivity index (χ1v) is 7.07. The second-order valence-corrected chi connectivity index (χ2v) is 5.66. The number of likely N-dealkylation sites (tertiary alicyclic amines) is 1. The van der Waals surface area contributed by atoms with E-state index in [1.165, 1.54) is 0 Å². The Hall–Kier alpha value is -2.14. The van der Waals surface area contributed by atoms with E-state index in [1.807, 2.05) is 31.2 Å². The van der Waals surface area contributed by atoms with Gasteiger partial charge < -0.3 is 10.0 Å². The number of carbonyl (C=O) groups is 1. The van der Waals surface area contributed by atoms with E-state index in [9.17, 15) is 9.90 Å². The van der Waals surface area contributed by atoms with Crippen molar-refractivity contribution in [1.29, 1.82) is 0 Å². The van der Waals surface area contributed by atoms with Gasteiger partial charge in [0.15, 0.2) is 0 Å². The lowest BCUT2D eigenvalue weighted by molar-refractivity contribution is 0.0409. The number of amides is 1. The van der Waals surface area contributed by atoms with Crippen molar-refractivity contribution >= 4 is 5.91 Å². The van der Waals surface area contributed by atoms with E-state index in [2.05, 4.69) is 5.10 Å². The van der Waals surface area contributed by atoms with Crippen molar-refractivity contribution in [3.05, 3.63) is 53.3 Å². The molecule has 0 aliphatic carbocycles. The molecule has 0 saturated carbocycles. The van der Waals surface area contributed by atoms with Gasteiger partial charge in [-0.25, -0.2) is 0 Å². The average Bonchev–Trinajstić information content (AvgIpc) is 3.06. The second kappa shape index (κ2) is 5.00. The minimum Gasteiger partial charge on any atom is -0.383 e. The molecular formula is C16H19N3O2. The highest BCUT2D eigenvalue weighted by molar-refractivity contribution is 5.92. The minimum absolute atomic E-state index is 0.0838. The lowest BCUT2D eigenvalue weighted by atomic mass is 9.89. The van der Waals surface area contributed by atoms with Gasteiger partial charge in [0.2, 0.25) is 0 Å². The molecule has 0 radical (unpaired) electrons. The maximum Gasteiger partial charge on any atom is 0.272 e. The molecule has 1 aliphatic rings. The zero-order chi connectivity index (χ0) is 15.0. The van der Waals surface area contributed by atoms with Crippen molar-refractivity contribution in [1.82, 2.24) is 14.7 Å². The number of aryl methyl sites for hydroxylation is 2. The van der Waals surface area contributed by atoms with Crippen LogP contribution in [0.4, 0.5) is 0 Å². The molecule has 5 nitrogen and oxygen atoms in total. The third-order valence-corrected chi connectivity index (χ3v) is 4.22. The number of β-amino-alcohol motifs (C(OH)–C–C–N with tert-alkyl or cyclic N) is 1. The minimum atomic E-state index is -0.959. The quantitative estimate of drug-likeness (QED) is 0.909. The van der Waals surface area contributed by atoms with Gasteiger partial charge >= 0.3 is 0 Å². The van der Waals surface area contributed by atoms with Gasteiger partial charge in [-0.1, -0.05) is 24.3 Å². The van der Waals surface area contributed by atoms with E-state index in [4.69, 9.17) is 0 Å². The van der Waals surface area contributed by atoms with Crippen LogP contribution in [0.1, 0.15) is 28.0 Å². The largest absolute Gasteiger partial charge is 0.383 e. The van der Waals surface area contributed by atoms with Crippen LogP contribution in [0.3, 0.4) is 0 Å². The van der Waals surface area contributed by atoms with Crippen molar-refractivity contribution < 1.29 is 9.90 Å². The van der Waals surface area contributed by atoms with E-state index >= 15 is 0 Å². The van der Waals surface area contributed by atoms with Gasteiger partial charge in [0.1, 0.15) is 11.3 Å². The summed E-state index contributed by atoms with van der Waals surface area (Å²) in [5, 5.41) is 14.9. The summed E-state index contributed by atoms with van der Waals surface area (Å²) in [6.07, 6.45) is 2.16. The van der Waals surface area contributed by atoms with E-state index in [0.717, 1.165) is 11.1 Å². The fourth-order valence-electron chi connectivity index (χ4n) is 3.03. The van der Waals surface area contributed by atoms with Crippen molar-refractivity contribution in [2.75, 3.05) is 13.1 Å². The predicted octanol–water partition coefficient (Wildman–Crippen LogP) is 1.46. The monoisotopic (exact) mass is 285 g/mol. The molecule has 1 fully saturated rings. The lowest BCUT2D eigenvalue weighted by Crippen LogP contribution is -2.35. The first kappa shape index (κ1) is 13.8. The molecule has 0 spiro atoms. The summed E-state index contributed by atoms with van der Waals surface area (Å²) in [7, 11) is 1.75. The summed E-state index contributed by atoms with van der Waals surface area (Å²) in [5.41, 5.74) is 1.55. The molecule has 110 valence electrons. The Morgan fingerprint density at radius 2 is 2.10 bits per heavy atom. The number of rotatable bonds is 2. The molecule has 2 heterocycles. The maximum atomic E-state index is 12.5. The number of hydrogen-bond donors (Lipinski definition) is 1. The van der Waals surface area contributed by atoms with Crippen molar-refractivity contribution in [3.63, 3.8) is 0 Å². The fourth-order valence-corrected chi connectivity index (χ4v) is 3.03. The molecule has 1 saturated heterocycles. The lowest BCUT2D eigenvalue weighted by Gasteiger charge is -2.25. The molecule has 3 rings (SSSR count).